The molecule has 4 nitrogen and oxygen atoms in total. The van der Waals surface area contributed by atoms with Crippen LogP contribution in [0.2, 0.25) is 0 Å². The summed E-state index contributed by atoms with van der Waals surface area (Å²) in [6.07, 6.45) is 2.42. The SMILES string of the molecule is COC(=O)c1cc(C)sc1NC(=S)N1CCCC(C)C1. The van der Waals surface area contributed by atoms with E-state index in [4.69, 9.17) is 17.0 Å². The van der Waals surface area contributed by atoms with Crippen LogP contribution in [0.4, 0.5) is 5.00 Å². The topological polar surface area (TPSA) is 41.6 Å². The zero-order valence-corrected chi connectivity index (χ0v) is 13.7. The average Bonchev–Trinajstić information content (AvgIpc) is 2.78. The fourth-order valence-electron chi connectivity index (χ4n) is 2.42. The van der Waals surface area contributed by atoms with Crippen LogP contribution < -0.4 is 5.32 Å². The molecule has 1 aromatic rings. The fraction of sp³-hybridized carbons (Fsp3) is 0.571. The van der Waals surface area contributed by atoms with Gasteiger partial charge in [0, 0.05) is 18.0 Å². The first-order valence-electron chi connectivity index (χ1n) is 6.76. The molecule has 1 aliphatic heterocycles. The standard InChI is InChI=1S/C14H20N2O2S2/c1-9-5-4-6-16(8-9)14(19)15-12-11(13(17)18-3)7-10(2)20-12/h7,9H,4-6,8H2,1-3H3,(H,15,19). The second-order valence-electron chi connectivity index (χ2n) is 5.21. The second-order valence-corrected chi connectivity index (χ2v) is 6.86. The molecule has 1 aromatic heterocycles. The van der Waals surface area contributed by atoms with Crippen molar-refractivity contribution < 1.29 is 9.53 Å². The molecule has 1 N–H and O–H groups in total. The van der Waals surface area contributed by atoms with Crippen LogP contribution >= 0.6 is 23.6 Å². The number of esters is 1. The first-order valence-corrected chi connectivity index (χ1v) is 7.98. The lowest BCUT2D eigenvalue weighted by Gasteiger charge is -2.32. The van der Waals surface area contributed by atoms with E-state index in [2.05, 4.69) is 17.1 Å². The Kier molecular flexibility index (Phi) is 4.99. The third-order valence-corrected chi connectivity index (χ3v) is 4.75. The summed E-state index contributed by atoms with van der Waals surface area (Å²) in [6.45, 7) is 6.16. The zero-order chi connectivity index (χ0) is 14.7. The molecule has 0 aliphatic carbocycles. The van der Waals surface area contributed by atoms with E-state index in [0.29, 0.717) is 16.6 Å². The minimum Gasteiger partial charge on any atom is -0.465 e. The number of thiocarbonyl (C=S) groups is 1. The summed E-state index contributed by atoms with van der Waals surface area (Å²) in [5, 5.41) is 4.69. The molecule has 0 radical (unpaired) electrons. The van der Waals surface area contributed by atoms with E-state index in [-0.39, 0.29) is 5.97 Å². The molecule has 1 saturated heterocycles. The van der Waals surface area contributed by atoms with Gasteiger partial charge in [-0.1, -0.05) is 6.92 Å². The average molecular weight is 312 g/mol. The number of piperidine rings is 1. The predicted octanol–water partition coefficient (Wildman–Crippen LogP) is 3.27. The molecular weight excluding hydrogens is 292 g/mol. The lowest BCUT2D eigenvalue weighted by Crippen LogP contribution is -2.41. The molecule has 1 aliphatic rings. The first-order chi connectivity index (χ1) is 9.51. The normalized spacial score (nSPS) is 18.8. The van der Waals surface area contributed by atoms with Gasteiger partial charge in [0.2, 0.25) is 0 Å². The molecule has 0 saturated carbocycles. The van der Waals surface area contributed by atoms with Gasteiger partial charge in [-0.05, 0) is 44.0 Å². The summed E-state index contributed by atoms with van der Waals surface area (Å²) >= 11 is 7.00. The van der Waals surface area contributed by atoms with E-state index in [1.54, 1.807) is 0 Å². The highest BCUT2D eigenvalue weighted by molar-refractivity contribution is 7.80. The highest BCUT2D eigenvalue weighted by atomic mass is 32.1. The van der Waals surface area contributed by atoms with Gasteiger partial charge >= 0.3 is 5.97 Å². The number of rotatable bonds is 2. The zero-order valence-electron chi connectivity index (χ0n) is 12.1. The van der Waals surface area contributed by atoms with Crippen molar-refractivity contribution in [2.24, 2.45) is 5.92 Å². The molecule has 0 aromatic carbocycles. The minimum absolute atomic E-state index is 0.327. The molecule has 0 bridgehead atoms. The monoisotopic (exact) mass is 312 g/mol. The van der Waals surface area contributed by atoms with Crippen molar-refractivity contribution in [3.05, 3.63) is 16.5 Å². The molecule has 110 valence electrons. The van der Waals surface area contributed by atoms with Gasteiger partial charge in [-0.2, -0.15) is 0 Å². The van der Waals surface area contributed by atoms with E-state index in [1.807, 2.05) is 13.0 Å². The Morgan fingerprint density at radius 3 is 3.00 bits per heavy atom. The lowest BCUT2D eigenvalue weighted by molar-refractivity contribution is 0.0602. The minimum atomic E-state index is -0.327. The number of ether oxygens (including phenoxy) is 1. The quantitative estimate of drug-likeness (QED) is 0.670. The fourth-order valence-corrected chi connectivity index (χ4v) is 3.65. The van der Waals surface area contributed by atoms with Crippen molar-refractivity contribution in [2.45, 2.75) is 26.7 Å². The molecule has 0 amide bonds. The van der Waals surface area contributed by atoms with Crippen molar-refractivity contribution in [1.82, 2.24) is 4.90 Å². The van der Waals surface area contributed by atoms with Gasteiger partial charge in [-0.3, -0.25) is 0 Å². The molecular formula is C14H20N2O2S2. The maximum Gasteiger partial charge on any atom is 0.340 e. The Hall–Kier alpha value is -1.14. The van der Waals surface area contributed by atoms with Crippen LogP contribution in [0.5, 0.6) is 0 Å². The van der Waals surface area contributed by atoms with Crippen molar-refractivity contribution in [2.75, 3.05) is 25.5 Å². The first kappa shape index (κ1) is 15.3. The van der Waals surface area contributed by atoms with Crippen molar-refractivity contribution in [3.63, 3.8) is 0 Å². The van der Waals surface area contributed by atoms with Gasteiger partial charge in [0.25, 0.3) is 0 Å². The van der Waals surface area contributed by atoms with Crippen LogP contribution in [-0.4, -0.2) is 36.2 Å². The number of methoxy groups -OCH3 is 1. The Morgan fingerprint density at radius 2 is 2.35 bits per heavy atom. The Bertz CT molecular complexity index is 513. The Labute approximate surface area is 129 Å². The Balaban J connectivity index is 2.09. The summed E-state index contributed by atoms with van der Waals surface area (Å²) in [5.74, 6) is 0.334. The third-order valence-electron chi connectivity index (χ3n) is 3.43. The molecule has 1 unspecified atom stereocenters. The van der Waals surface area contributed by atoms with Crippen LogP contribution in [0.1, 0.15) is 35.0 Å². The van der Waals surface area contributed by atoms with Crippen LogP contribution in [0.15, 0.2) is 6.07 Å². The number of anilines is 1. The lowest BCUT2D eigenvalue weighted by atomic mass is 10.0. The predicted molar refractivity (Wildman–Crippen MR) is 86.6 cm³/mol. The van der Waals surface area contributed by atoms with Crippen molar-refractivity contribution >= 4 is 39.6 Å². The smallest absolute Gasteiger partial charge is 0.340 e. The molecule has 1 fully saturated rings. The van der Waals surface area contributed by atoms with Gasteiger partial charge in [0.05, 0.1) is 12.7 Å². The Morgan fingerprint density at radius 1 is 1.60 bits per heavy atom. The van der Waals surface area contributed by atoms with Crippen molar-refractivity contribution in [1.29, 1.82) is 0 Å². The summed E-state index contributed by atoms with van der Waals surface area (Å²) < 4.78 is 4.81. The second kappa shape index (κ2) is 6.54. The van der Waals surface area contributed by atoms with E-state index >= 15 is 0 Å². The highest BCUT2D eigenvalue weighted by Crippen LogP contribution is 2.29. The highest BCUT2D eigenvalue weighted by Gasteiger charge is 2.21. The number of thiophene rings is 1. The van der Waals surface area contributed by atoms with Crippen molar-refractivity contribution in [3.8, 4) is 0 Å². The number of aryl methyl sites for hydroxylation is 1. The summed E-state index contributed by atoms with van der Waals surface area (Å²) in [6, 6.07) is 1.83. The molecule has 20 heavy (non-hydrogen) atoms. The van der Waals surface area contributed by atoms with Gasteiger partial charge < -0.3 is 15.0 Å². The van der Waals surface area contributed by atoms with Crippen LogP contribution in [0, 0.1) is 12.8 Å². The summed E-state index contributed by atoms with van der Waals surface area (Å²) in [5.41, 5.74) is 0.558. The molecule has 1 atom stereocenters. The van der Waals surface area contributed by atoms with E-state index in [0.717, 1.165) is 29.4 Å². The third kappa shape index (κ3) is 3.49. The molecule has 6 heteroatoms. The van der Waals surface area contributed by atoms with E-state index in [1.165, 1.54) is 24.9 Å². The van der Waals surface area contributed by atoms with Gasteiger partial charge in [-0.25, -0.2) is 4.79 Å². The van der Waals surface area contributed by atoms with Crippen LogP contribution in [0.3, 0.4) is 0 Å². The number of likely N-dealkylation sites (tertiary alicyclic amines) is 1. The maximum absolute atomic E-state index is 11.7. The summed E-state index contributed by atoms with van der Waals surface area (Å²) in [4.78, 5) is 15.0. The van der Waals surface area contributed by atoms with Crippen LogP contribution in [0.25, 0.3) is 0 Å². The van der Waals surface area contributed by atoms with E-state index < -0.39 is 0 Å². The number of carbonyl (C=O) groups excluding carboxylic acids is 1. The number of hydrogen-bond donors (Lipinski definition) is 1. The molecule has 2 rings (SSSR count). The number of nitrogens with zero attached hydrogens (tertiary/aromatic N) is 1. The molecule has 2 heterocycles. The van der Waals surface area contributed by atoms with Gasteiger partial charge in [0.15, 0.2) is 5.11 Å². The molecule has 0 spiro atoms. The number of nitrogens with one attached hydrogen (secondary N) is 1. The largest absolute Gasteiger partial charge is 0.465 e. The number of hydrogen-bond acceptors (Lipinski definition) is 4. The van der Waals surface area contributed by atoms with E-state index in [9.17, 15) is 4.79 Å². The summed E-state index contributed by atoms with van der Waals surface area (Å²) in [7, 11) is 1.39. The van der Waals surface area contributed by atoms with Crippen LogP contribution in [-0.2, 0) is 4.74 Å². The number of carbonyl (C=O) groups is 1. The maximum atomic E-state index is 11.7. The van der Waals surface area contributed by atoms with Gasteiger partial charge in [0.1, 0.15) is 5.00 Å². The van der Waals surface area contributed by atoms with Gasteiger partial charge in [-0.15, -0.1) is 11.3 Å².